The summed E-state index contributed by atoms with van der Waals surface area (Å²) in [5, 5.41) is 16.4. The maximum absolute atomic E-state index is 9.71. The Morgan fingerprint density at radius 1 is 1.11 bits per heavy atom. The summed E-state index contributed by atoms with van der Waals surface area (Å²) in [6, 6.07) is 18.2. The number of aliphatic hydroxyl groups is 1. The van der Waals surface area contributed by atoms with Gasteiger partial charge in [0.15, 0.2) is 5.96 Å². The van der Waals surface area contributed by atoms with Gasteiger partial charge in [-0.2, -0.15) is 0 Å². The molecule has 3 rings (SSSR count). The summed E-state index contributed by atoms with van der Waals surface area (Å²) in [6.45, 7) is 5.19. The van der Waals surface area contributed by atoms with Crippen LogP contribution in [0.25, 0.3) is 11.0 Å². The molecule has 6 nitrogen and oxygen atoms in total. The summed E-state index contributed by atoms with van der Waals surface area (Å²) in [5.74, 6) is 0.793. The Kier molecular flexibility index (Phi) is 7.44. The molecular formula is C22H29N5O. The number of rotatable bonds is 9. The molecule has 148 valence electrons. The van der Waals surface area contributed by atoms with E-state index in [4.69, 9.17) is 0 Å². The van der Waals surface area contributed by atoms with Crippen LogP contribution in [0.5, 0.6) is 0 Å². The largest absolute Gasteiger partial charge is 0.396 e. The Morgan fingerprint density at radius 3 is 2.68 bits per heavy atom. The van der Waals surface area contributed by atoms with Crippen LogP contribution in [-0.2, 0) is 6.54 Å². The number of hydrogen-bond acceptors (Lipinski definition) is 3. The van der Waals surface area contributed by atoms with E-state index in [1.807, 2.05) is 54.9 Å². The molecule has 1 aromatic heterocycles. The van der Waals surface area contributed by atoms with E-state index in [0.29, 0.717) is 6.54 Å². The lowest BCUT2D eigenvalue weighted by molar-refractivity contribution is 0.268. The highest BCUT2D eigenvalue weighted by atomic mass is 16.3. The highest BCUT2D eigenvalue weighted by molar-refractivity contribution is 5.79. The molecule has 0 fully saturated rings. The third kappa shape index (κ3) is 5.33. The van der Waals surface area contributed by atoms with E-state index in [9.17, 15) is 5.11 Å². The predicted octanol–water partition coefficient (Wildman–Crippen LogP) is 2.76. The molecule has 0 aliphatic rings. The second-order valence-corrected chi connectivity index (χ2v) is 6.72. The van der Waals surface area contributed by atoms with Crippen molar-refractivity contribution < 1.29 is 5.11 Å². The Morgan fingerprint density at radius 2 is 1.89 bits per heavy atom. The third-order valence-corrected chi connectivity index (χ3v) is 4.70. The Balaban J connectivity index is 1.51. The molecule has 0 saturated heterocycles. The van der Waals surface area contributed by atoms with Crippen molar-refractivity contribution in [1.82, 2.24) is 20.2 Å². The summed E-state index contributed by atoms with van der Waals surface area (Å²) in [5.41, 5.74) is 3.30. The summed E-state index contributed by atoms with van der Waals surface area (Å²) in [6.07, 6.45) is 2.86. The highest BCUT2D eigenvalue weighted by Crippen LogP contribution is 2.15. The lowest BCUT2D eigenvalue weighted by Gasteiger charge is -2.15. The first kappa shape index (κ1) is 19.9. The van der Waals surface area contributed by atoms with E-state index in [0.717, 1.165) is 48.6 Å². The van der Waals surface area contributed by atoms with Crippen molar-refractivity contribution in [3.63, 3.8) is 0 Å². The van der Waals surface area contributed by atoms with Crippen molar-refractivity contribution in [2.75, 3.05) is 26.2 Å². The van der Waals surface area contributed by atoms with Crippen molar-refractivity contribution in [1.29, 1.82) is 0 Å². The maximum atomic E-state index is 9.71. The van der Waals surface area contributed by atoms with Gasteiger partial charge in [0.2, 0.25) is 0 Å². The number of nitrogens with zero attached hydrogens (tertiary/aromatic N) is 3. The second-order valence-electron chi connectivity index (χ2n) is 6.72. The van der Waals surface area contributed by atoms with Gasteiger partial charge in [0, 0.05) is 25.6 Å². The van der Waals surface area contributed by atoms with Gasteiger partial charge in [0.05, 0.1) is 30.5 Å². The molecular weight excluding hydrogens is 350 g/mol. The first-order valence-electron chi connectivity index (χ1n) is 9.89. The van der Waals surface area contributed by atoms with Gasteiger partial charge in [-0.3, -0.25) is 4.99 Å². The van der Waals surface area contributed by atoms with Crippen LogP contribution in [0.3, 0.4) is 0 Å². The molecule has 2 aromatic carbocycles. The number of nitrogens with one attached hydrogen (secondary N) is 2. The number of fused-ring (bicyclic) bond motifs is 1. The highest BCUT2D eigenvalue weighted by Gasteiger charge is 2.10. The molecule has 6 heteroatoms. The van der Waals surface area contributed by atoms with Gasteiger partial charge in [-0.15, -0.1) is 0 Å². The minimum Gasteiger partial charge on any atom is -0.396 e. The second kappa shape index (κ2) is 10.5. The molecule has 0 aliphatic carbocycles. The molecule has 0 aliphatic heterocycles. The summed E-state index contributed by atoms with van der Waals surface area (Å²) in [4.78, 5) is 9.09. The molecule has 3 aromatic rings. The van der Waals surface area contributed by atoms with Crippen molar-refractivity contribution in [3.8, 4) is 0 Å². The average Bonchev–Trinajstić information content (AvgIpc) is 3.15. The Bertz CT molecular complexity index is 875. The number of para-hydroxylation sites is 2. The molecule has 28 heavy (non-hydrogen) atoms. The van der Waals surface area contributed by atoms with Crippen LogP contribution in [-0.4, -0.2) is 46.9 Å². The molecule has 1 heterocycles. The number of aromatic nitrogens is 2. The lowest BCUT2D eigenvalue weighted by Crippen LogP contribution is -2.38. The van der Waals surface area contributed by atoms with Gasteiger partial charge in [-0.25, -0.2) is 4.98 Å². The van der Waals surface area contributed by atoms with E-state index in [1.54, 1.807) is 0 Å². The van der Waals surface area contributed by atoms with E-state index < -0.39 is 0 Å². The first-order valence-corrected chi connectivity index (χ1v) is 9.89. The van der Waals surface area contributed by atoms with Crippen molar-refractivity contribution in [2.24, 2.45) is 4.99 Å². The number of aliphatic hydroxyl groups excluding tert-OH is 1. The van der Waals surface area contributed by atoms with E-state index >= 15 is 0 Å². The average molecular weight is 380 g/mol. The van der Waals surface area contributed by atoms with Gasteiger partial charge in [-0.1, -0.05) is 42.5 Å². The quantitative estimate of drug-likeness (QED) is 0.304. The number of benzene rings is 2. The molecule has 0 radical (unpaired) electrons. The number of imidazole rings is 1. The molecule has 3 N–H and O–H groups in total. The first-order chi connectivity index (χ1) is 13.8. The van der Waals surface area contributed by atoms with Crippen LogP contribution in [0.1, 0.15) is 24.8 Å². The monoisotopic (exact) mass is 379 g/mol. The number of aryl methyl sites for hydroxylation is 1. The molecule has 0 amide bonds. The fourth-order valence-corrected chi connectivity index (χ4v) is 3.18. The predicted molar refractivity (Wildman–Crippen MR) is 115 cm³/mol. The zero-order chi connectivity index (χ0) is 19.6. The van der Waals surface area contributed by atoms with Gasteiger partial charge in [-0.05, 0) is 31.0 Å². The standard InChI is InChI=1S/C22H29N5O/c1-2-23-22(25-15-19(16-28)18-9-4-3-5-10-18)24-13-8-14-27-17-26-20-11-6-7-12-21(20)27/h3-7,9-12,17,19,28H,2,8,13-16H2,1H3,(H2,23,24,25). The summed E-state index contributed by atoms with van der Waals surface area (Å²) in [7, 11) is 0. The van der Waals surface area contributed by atoms with Crippen LogP contribution in [0.15, 0.2) is 65.9 Å². The van der Waals surface area contributed by atoms with Crippen molar-refractivity contribution in [2.45, 2.75) is 25.8 Å². The minimum absolute atomic E-state index is 0.00830. The Hall–Kier alpha value is -2.86. The number of guanidine groups is 1. The van der Waals surface area contributed by atoms with Crippen LogP contribution in [0.4, 0.5) is 0 Å². The SMILES string of the molecule is CCNC(=NCC(CO)c1ccccc1)NCCCn1cnc2ccccc21. The van der Waals surface area contributed by atoms with Crippen molar-refractivity contribution >= 4 is 17.0 Å². The summed E-state index contributed by atoms with van der Waals surface area (Å²) < 4.78 is 2.18. The van der Waals surface area contributed by atoms with Gasteiger partial charge >= 0.3 is 0 Å². The third-order valence-electron chi connectivity index (χ3n) is 4.70. The smallest absolute Gasteiger partial charge is 0.191 e. The van der Waals surface area contributed by atoms with Crippen LogP contribution >= 0.6 is 0 Å². The molecule has 0 bridgehead atoms. The maximum Gasteiger partial charge on any atom is 0.191 e. The zero-order valence-corrected chi connectivity index (χ0v) is 16.4. The van der Waals surface area contributed by atoms with Crippen LogP contribution in [0, 0.1) is 0 Å². The molecule has 1 unspecified atom stereocenters. The molecule has 0 saturated carbocycles. The molecule has 1 atom stereocenters. The van der Waals surface area contributed by atoms with Crippen molar-refractivity contribution in [3.05, 3.63) is 66.5 Å². The minimum atomic E-state index is 0.00830. The fraction of sp³-hybridized carbons (Fsp3) is 0.364. The Labute approximate surface area is 166 Å². The molecule has 0 spiro atoms. The number of hydrogen-bond donors (Lipinski definition) is 3. The summed E-state index contributed by atoms with van der Waals surface area (Å²) >= 11 is 0. The van der Waals surface area contributed by atoms with Gasteiger partial charge in [0.1, 0.15) is 0 Å². The van der Waals surface area contributed by atoms with Gasteiger partial charge < -0.3 is 20.3 Å². The van der Waals surface area contributed by atoms with E-state index in [-0.39, 0.29) is 12.5 Å². The van der Waals surface area contributed by atoms with E-state index in [1.165, 1.54) is 0 Å². The fourth-order valence-electron chi connectivity index (χ4n) is 3.18. The van der Waals surface area contributed by atoms with Gasteiger partial charge in [0.25, 0.3) is 0 Å². The van der Waals surface area contributed by atoms with Crippen LogP contribution < -0.4 is 10.6 Å². The normalized spacial score (nSPS) is 12.9. The topological polar surface area (TPSA) is 74.5 Å². The number of aliphatic imine (C=N–C) groups is 1. The lowest BCUT2D eigenvalue weighted by atomic mass is 10.0. The van der Waals surface area contributed by atoms with E-state index in [2.05, 4.69) is 38.2 Å². The van der Waals surface area contributed by atoms with Crippen LogP contribution in [0.2, 0.25) is 0 Å². The zero-order valence-electron chi connectivity index (χ0n) is 16.4.